The second-order valence-electron chi connectivity index (χ2n) is 8.69. The van der Waals surface area contributed by atoms with Crippen molar-refractivity contribution in [1.82, 2.24) is 20.4 Å². The highest BCUT2D eigenvalue weighted by molar-refractivity contribution is 5.84. The molecule has 0 radical (unpaired) electrons. The first-order valence-electron chi connectivity index (χ1n) is 10.9. The maximum Gasteiger partial charge on any atom is 0.230 e. The second-order valence-corrected chi connectivity index (χ2v) is 8.69. The first kappa shape index (κ1) is 22.0. The highest BCUT2D eigenvalue weighted by atomic mass is 16.2. The standard InChI is InChI=1S/C21H41N5O/c1-5-22-20(23-13-8-14-26-15-9-18(2)10-16-26)24-17-21(11-6-7-12-21)19(27)25(3)4/h18H,5-17H2,1-4H3,(H2,22,23,24). The molecule has 0 aromatic rings. The van der Waals surface area contributed by atoms with Gasteiger partial charge in [-0.15, -0.1) is 0 Å². The molecule has 2 rings (SSSR count). The van der Waals surface area contributed by atoms with Gasteiger partial charge in [0.2, 0.25) is 5.91 Å². The zero-order valence-electron chi connectivity index (χ0n) is 18.0. The van der Waals surface area contributed by atoms with Crippen molar-refractivity contribution in [2.24, 2.45) is 16.3 Å². The molecule has 1 heterocycles. The monoisotopic (exact) mass is 379 g/mol. The molecule has 2 aliphatic rings. The zero-order valence-corrected chi connectivity index (χ0v) is 18.0. The first-order chi connectivity index (χ1) is 13.0. The Kier molecular flexibility index (Phi) is 8.87. The summed E-state index contributed by atoms with van der Waals surface area (Å²) in [5, 5.41) is 6.80. The molecule has 1 saturated heterocycles. The minimum atomic E-state index is -0.295. The maximum atomic E-state index is 12.7. The molecular formula is C21H41N5O. The van der Waals surface area contributed by atoms with Crippen LogP contribution in [0.15, 0.2) is 4.99 Å². The summed E-state index contributed by atoms with van der Waals surface area (Å²) in [7, 11) is 3.72. The van der Waals surface area contributed by atoms with Crippen molar-refractivity contribution in [1.29, 1.82) is 0 Å². The van der Waals surface area contributed by atoms with Gasteiger partial charge >= 0.3 is 0 Å². The molecule has 0 atom stereocenters. The van der Waals surface area contributed by atoms with E-state index in [-0.39, 0.29) is 11.3 Å². The zero-order chi connectivity index (χ0) is 19.7. The topological polar surface area (TPSA) is 60.0 Å². The second kappa shape index (κ2) is 10.9. The van der Waals surface area contributed by atoms with Crippen molar-refractivity contribution in [3.8, 4) is 0 Å². The summed E-state index contributed by atoms with van der Waals surface area (Å²) in [6, 6.07) is 0. The van der Waals surface area contributed by atoms with Gasteiger partial charge in [-0.2, -0.15) is 0 Å². The van der Waals surface area contributed by atoms with E-state index in [2.05, 4.69) is 29.4 Å². The van der Waals surface area contributed by atoms with Gasteiger partial charge in [0.05, 0.1) is 12.0 Å². The Morgan fingerprint density at radius 2 is 1.85 bits per heavy atom. The summed E-state index contributed by atoms with van der Waals surface area (Å²) in [5.74, 6) is 1.97. The predicted octanol–water partition coefficient (Wildman–Crippen LogP) is 2.31. The largest absolute Gasteiger partial charge is 0.357 e. The molecule has 1 saturated carbocycles. The van der Waals surface area contributed by atoms with Crippen LogP contribution < -0.4 is 10.6 Å². The molecule has 0 spiro atoms. The maximum absolute atomic E-state index is 12.7. The third-order valence-corrected chi connectivity index (χ3v) is 6.12. The quantitative estimate of drug-likeness (QED) is 0.386. The molecule has 2 fully saturated rings. The van der Waals surface area contributed by atoms with Gasteiger partial charge in [-0.25, -0.2) is 0 Å². The lowest BCUT2D eigenvalue weighted by molar-refractivity contribution is -0.138. The molecule has 2 N–H and O–H groups in total. The number of carbonyl (C=O) groups is 1. The molecule has 1 aliphatic heterocycles. The fourth-order valence-electron chi connectivity index (χ4n) is 4.33. The molecule has 6 nitrogen and oxygen atoms in total. The van der Waals surface area contributed by atoms with Gasteiger partial charge in [0.15, 0.2) is 5.96 Å². The van der Waals surface area contributed by atoms with Crippen molar-refractivity contribution >= 4 is 11.9 Å². The molecule has 0 aromatic heterocycles. The molecule has 6 heteroatoms. The fourth-order valence-corrected chi connectivity index (χ4v) is 4.33. The minimum absolute atomic E-state index is 0.235. The summed E-state index contributed by atoms with van der Waals surface area (Å²) in [6.07, 6.45) is 7.97. The van der Waals surface area contributed by atoms with Gasteiger partial charge in [0, 0.05) is 27.2 Å². The van der Waals surface area contributed by atoms with Crippen LogP contribution in [0.2, 0.25) is 0 Å². The number of rotatable bonds is 8. The van der Waals surface area contributed by atoms with Crippen LogP contribution in [-0.2, 0) is 4.79 Å². The number of likely N-dealkylation sites (tertiary alicyclic amines) is 1. The van der Waals surface area contributed by atoms with Crippen molar-refractivity contribution < 1.29 is 4.79 Å². The molecule has 156 valence electrons. The van der Waals surface area contributed by atoms with E-state index in [1.54, 1.807) is 4.90 Å². The number of hydrogen-bond donors (Lipinski definition) is 2. The lowest BCUT2D eigenvalue weighted by Gasteiger charge is -2.30. The van der Waals surface area contributed by atoms with Crippen molar-refractivity contribution in [2.75, 3.05) is 53.4 Å². The van der Waals surface area contributed by atoms with Crippen LogP contribution in [0.4, 0.5) is 0 Å². The van der Waals surface area contributed by atoms with E-state index in [9.17, 15) is 4.79 Å². The van der Waals surface area contributed by atoms with Gasteiger partial charge in [-0.1, -0.05) is 19.8 Å². The van der Waals surface area contributed by atoms with Gasteiger partial charge in [-0.3, -0.25) is 9.79 Å². The van der Waals surface area contributed by atoms with E-state index >= 15 is 0 Å². The third-order valence-electron chi connectivity index (χ3n) is 6.12. The Morgan fingerprint density at radius 3 is 2.44 bits per heavy atom. The van der Waals surface area contributed by atoms with Gasteiger partial charge in [0.1, 0.15) is 0 Å². The van der Waals surface area contributed by atoms with Crippen LogP contribution in [0.3, 0.4) is 0 Å². The minimum Gasteiger partial charge on any atom is -0.357 e. The Labute approximate surface area is 166 Å². The van der Waals surface area contributed by atoms with E-state index in [1.165, 1.54) is 25.9 Å². The van der Waals surface area contributed by atoms with Crippen LogP contribution in [0.5, 0.6) is 0 Å². The Bertz CT molecular complexity index is 477. The third kappa shape index (κ3) is 6.66. The number of hydrogen-bond acceptors (Lipinski definition) is 3. The van der Waals surface area contributed by atoms with Gasteiger partial charge < -0.3 is 20.4 Å². The lowest BCUT2D eigenvalue weighted by Crippen LogP contribution is -2.43. The average Bonchev–Trinajstić information content (AvgIpc) is 3.14. The average molecular weight is 380 g/mol. The normalized spacial score (nSPS) is 21.3. The van der Waals surface area contributed by atoms with E-state index < -0.39 is 0 Å². The molecule has 0 bridgehead atoms. The number of nitrogens with zero attached hydrogens (tertiary/aromatic N) is 3. The molecule has 1 aliphatic carbocycles. The lowest BCUT2D eigenvalue weighted by atomic mass is 9.85. The van der Waals surface area contributed by atoms with Crippen molar-refractivity contribution in [2.45, 2.75) is 58.8 Å². The van der Waals surface area contributed by atoms with E-state index in [4.69, 9.17) is 4.99 Å². The number of nitrogens with one attached hydrogen (secondary N) is 2. The van der Waals surface area contributed by atoms with Crippen molar-refractivity contribution in [3.05, 3.63) is 0 Å². The van der Waals surface area contributed by atoms with E-state index in [1.807, 2.05) is 14.1 Å². The fraction of sp³-hybridized carbons (Fsp3) is 0.905. The smallest absolute Gasteiger partial charge is 0.230 e. The van der Waals surface area contributed by atoms with Crippen LogP contribution in [0, 0.1) is 11.3 Å². The van der Waals surface area contributed by atoms with Crippen LogP contribution >= 0.6 is 0 Å². The summed E-state index contributed by atoms with van der Waals surface area (Å²) in [4.78, 5) is 21.8. The van der Waals surface area contributed by atoms with E-state index in [0.717, 1.165) is 63.6 Å². The molecule has 27 heavy (non-hydrogen) atoms. The number of guanidine groups is 1. The van der Waals surface area contributed by atoms with E-state index in [0.29, 0.717) is 6.54 Å². The van der Waals surface area contributed by atoms with Crippen LogP contribution in [0.1, 0.15) is 58.8 Å². The van der Waals surface area contributed by atoms with Gasteiger partial charge in [-0.05, 0) is 64.6 Å². The van der Waals surface area contributed by atoms with Crippen LogP contribution in [-0.4, -0.2) is 75.0 Å². The number of aliphatic imine (C=N–C) groups is 1. The molecular weight excluding hydrogens is 338 g/mol. The molecule has 1 amide bonds. The Morgan fingerprint density at radius 1 is 1.19 bits per heavy atom. The Balaban J connectivity index is 1.81. The highest BCUT2D eigenvalue weighted by Gasteiger charge is 2.42. The SMILES string of the molecule is CCNC(=NCC1(C(=O)N(C)C)CCCC1)NCCCN1CCC(C)CC1. The Hall–Kier alpha value is -1.30. The summed E-state index contributed by atoms with van der Waals surface area (Å²) in [6.45, 7) is 10.4. The number of amides is 1. The van der Waals surface area contributed by atoms with Gasteiger partial charge in [0.25, 0.3) is 0 Å². The predicted molar refractivity (Wildman–Crippen MR) is 113 cm³/mol. The van der Waals surface area contributed by atoms with Crippen LogP contribution in [0.25, 0.3) is 0 Å². The number of piperidine rings is 1. The summed E-state index contributed by atoms with van der Waals surface area (Å²) >= 11 is 0. The number of carbonyl (C=O) groups excluding carboxylic acids is 1. The summed E-state index contributed by atoms with van der Waals surface area (Å²) in [5.41, 5.74) is -0.295. The van der Waals surface area contributed by atoms with Crippen molar-refractivity contribution in [3.63, 3.8) is 0 Å². The highest BCUT2D eigenvalue weighted by Crippen LogP contribution is 2.39. The molecule has 0 unspecified atom stereocenters. The summed E-state index contributed by atoms with van der Waals surface area (Å²) < 4.78 is 0. The first-order valence-corrected chi connectivity index (χ1v) is 10.9. The molecule has 0 aromatic carbocycles.